The number of aromatic nitrogens is 1. The van der Waals surface area contributed by atoms with Crippen LogP contribution >= 0.6 is 23.2 Å². The highest BCUT2D eigenvalue weighted by molar-refractivity contribution is 6.37. The van der Waals surface area contributed by atoms with Crippen molar-refractivity contribution in [1.82, 2.24) is 5.43 Å². The minimum atomic E-state index is -0.212. The molecule has 0 spiro atoms. The molecule has 0 unspecified atom stereocenters. The minimum absolute atomic E-state index is 0.200. The van der Waals surface area contributed by atoms with Gasteiger partial charge in [0.2, 0.25) is 6.54 Å². The topological polar surface area (TPSA) is 45.3 Å². The standard InChI is InChI=1S/C15H13Cl2N3O/c1-11(13-6-5-12(16)9-14(13)17)18-19-15(21)10-20-7-3-2-4-8-20/h2-9H,10H2,1H3/p+1/b18-11-. The van der Waals surface area contributed by atoms with Crippen LogP contribution < -0.4 is 9.99 Å². The number of nitrogens with zero attached hydrogens (tertiary/aromatic N) is 2. The Bertz CT molecular complexity index is 672. The lowest BCUT2D eigenvalue weighted by atomic mass is 10.1. The summed E-state index contributed by atoms with van der Waals surface area (Å²) in [6.07, 6.45) is 3.62. The number of benzene rings is 1. The Morgan fingerprint density at radius 3 is 2.62 bits per heavy atom. The van der Waals surface area contributed by atoms with Crippen LogP contribution in [0.15, 0.2) is 53.9 Å². The average molecular weight is 323 g/mol. The Balaban J connectivity index is 2.01. The van der Waals surface area contributed by atoms with Gasteiger partial charge < -0.3 is 0 Å². The van der Waals surface area contributed by atoms with Crippen LogP contribution in [0.2, 0.25) is 10.0 Å². The van der Waals surface area contributed by atoms with E-state index in [1.807, 2.05) is 30.6 Å². The summed E-state index contributed by atoms with van der Waals surface area (Å²) in [5.41, 5.74) is 3.85. The number of hydrogen-bond donors (Lipinski definition) is 1. The summed E-state index contributed by atoms with van der Waals surface area (Å²) in [5.74, 6) is -0.212. The SMILES string of the molecule is C/C(=N/NC(=O)C[n+]1ccccc1)c1ccc(Cl)cc1Cl. The fraction of sp³-hybridized carbons (Fsp3) is 0.133. The summed E-state index contributed by atoms with van der Waals surface area (Å²) in [6.45, 7) is 1.97. The Kier molecular flexibility index (Phi) is 5.31. The highest BCUT2D eigenvalue weighted by Gasteiger charge is 2.09. The molecule has 1 amide bonds. The van der Waals surface area contributed by atoms with Gasteiger partial charge in [-0.2, -0.15) is 9.67 Å². The van der Waals surface area contributed by atoms with Crippen molar-refractivity contribution in [2.24, 2.45) is 5.10 Å². The van der Waals surface area contributed by atoms with E-state index in [1.54, 1.807) is 29.7 Å². The number of carbonyl (C=O) groups is 1. The lowest BCUT2D eigenvalue weighted by Gasteiger charge is -2.04. The zero-order chi connectivity index (χ0) is 15.2. The summed E-state index contributed by atoms with van der Waals surface area (Å²) in [4.78, 5) is 11.8. The van der Waals surface area contributed by atoms with Crippen LogP contribution in [0, 0.1) is 0 Å². The first kappa shape index (κ1) is 15.5. The van der Waals surface area contributed by atoms with Crippen LogP contribution in [0.1, 0.15) is 12.5 Å². The highest BCUT2D eigenvalue weighted by Crippen LogP contribution is 2.21. The monoisotopic (exact) mass is 322 g/mol. The van der Waals surface area contributed by atoms with Crippen LogP contribution in [0.25, 0.3) is 0 Å². The van der Waals surface area contributed by atoms with E-state index < -0.39 is 0 Å². The van der Waals surface area contributed by atoms with Gasteiger partial charge in [0, 0.05) is 22.7 Å². The number of amides is 1. The van der Waals surface area contributed by atoms with Gasteiger partial charge in [-0.1, -0.05) is 35.3 Å². The molecule has 1 aromatic heterocycles. The molecule has 1 heterocycles. The third-order valence-corrected chi connectivity index (χ3v) is 3.32. The lowest BCUT2D eigenvalue weighted by Crippen LogP contribution is -2.41. The number of hydrazone groups is 1. The fourth-order valence-electron chi connectivity index (χ4n) is 1.73. The highest BCUT2D eigenvalue weighted by atomic mass is 35.5. The van der Waals surface area contributed by atoms with Crippen molar-refractivity contribution in [3.8, 4) is 0 Å². The zero-order valence-corrected chi connectivity index (χ0v) is 12.9. The summed E-state index contributed by atoms with van der Waals surface area (Å²) >= 11 is 11.9. The number of rotatable bonds is 4. The third-order valence-electron chi connectivity index (χ3n) is 2.77. The van der Waals surface area contributed by atoms with Gasteiger partial charge in [0.15, 0.2) is 12.4 Å². The number of hydrogen-bond acceptors (Lipinski definition) is 2. The number of nitrogens with one attached hydrogen (secondary N) is 1. The van der Waals surface area contributed by atoms with E-state index in [1.165, 1.54) is 0 Å². The van der Waals surface area contributed by atoms with Crippen LogP contribution in [-0.4, -0.2) is 11.6 Å². The van der Waals surface area contributed by atoms with Gasteiger partial charge >= 0.3 is 5.91 Å². The molecule has 0 aliphatic carbocycles. The molecule has 0 aliphatic rings. The smallest absolute Gasteiger partial charge is 0.266 e. The van der Waals surface area contributed by atoms with Gasteiger partial charge in [-0.25, -0.2) is 5.43 Å². The van der Waals surface area contributed by atoms with E-state index in [-0.39, 0.29) is 12.5 Å². The molecule has 6 heteroatoms. The second-order valence-corrected chi connectivity index (χ2v) is 5.25. The van der Waals surface area contributed by atoms with Crippen molar-refractivity contribution in [3.63, 3.8) is 0 Å². The molecular weight excluding hydrogens is 309 g/mol. The lowest BCUT2D eigenvalue weighted by molar-refractivity contribution is -0.684. The number of pyridine rings is 1. The first-order valence-corrected chi connectivity index (χ1v) is 7.04. The Morgan fingerprint density at radius 1 is 1.24 bits per heavy atom. The summed E-state index contributed by atoms with van der Waals surface area (Å²) in [7, 11) is 0. The van der Waals surface area contributed by atoms with Crippen LogP contribution in [0.3, 0.4) is 0 Å². The molecule has 1 N–H and O–H groups in total. The molecule has 0 bridgehead atoms. The van der Waals surface area contributed by atoms with Gasteiger partial charge in [-0.3, -0.25) is 4.79 Å². The number of carbonyl (C=O) groups excluding carboxylic acids is 1. The summed E-state index contributed by atoms with van der Waals surface area (Å²) < 4.78 is 1.76. The average Bonchev–Trinajstić information content (AvgIpc) is 2.46. The van der Waals surface area contributed by atoms with Crippen LogP contribution in [0.4, 0.5) is 0 Å². The van der Waals surface area contributed by atoms with Crippen LogP contribution in [-0.2, 0) is 11.3 Å². The second kappa shape index (κ2) is 7.20. The van der Waals surface area contributed by atoms with Crippen molar-refractivity contribution in [3.05, 3.63) is 64.4 Å². The maximum Gasteiger partial charge on any atom is 0.305 e. The first-order chi connectivity index (χ1) is 10.1. The van der Waals surface area contributed by atoms with E-state index in [2.05, 4.69) is 10.5 Å². The Labute approximate surface area is 133 Å². The molecule has 0 aliphatic heterocycles. The maximum absolute atomic E-state index is 11.8. The predicted octanol–water partition coefficient (Wildman–Crippen LogP) is 2.82. The zero-order valence-electron chi connectivity index (χ0n) is 11.4. The van der Waals surface area contributed by atoms with Gasteiger partial charge in [0.1, 0.15) is 0 Å². The maximum atomic E-state index is 11.8. The van der Waals surface area contributed by atoms with Crippen molar-refractivity contribution in [2.75, 3.05) is 0 Å². The van der Waals surface area contributed by atoms with E-state index in [9.17, 15) is 4.79 Å². The number of halogens is 2. The summed E-state index contributed by atoms with van der Waals surface area (Å²) in [6, 6.07) is 10.7. The van der Waals surface area contributed by atoms with E-state index in [0.29, 0.717) is 15.8 Å². The molecule has 0 saturated heterocycles. The molecule has 2 aromatic rings. The van der Waals surface area contributed by atoms with E-state index in [4.69, 9.17) is 23.2 Å². The van der Waals surface area contributed by atoms with Gasteiger partial charge in [-0.15, -0.1) is 0 Å². The van der Waals surface area contributed by atoms with Crippen molar-refractivity contribution in [2.45, 2.75) is 13.5 Å². The van der Waals surface area contributed by atoms with Gasteiger partial charge in [0.05, 0.1) is 10.7 Å². The molecule has 2 rings (SSSR count). The van der Waals surface area contributed by atoms with Gasteiger partial charge in [0.25, 0.3) is 0 Å². The Morgan fingerprint density at radius 2 is 1.95 bits per heavy atom. The molecule has 0 radical (unpaired) electrons. The van der Waals surface area contributed by atoms with Crippen molar-refractivity contribution < 1.29 is 9.36 Å². The molecular formula is C15H14Cl2N3O+. The van der Waals surface area contributed by atoms with E-state index >= 15 is 0 Å². The largest absolute Gasteiger partial charge is 0.305 e. The quantitative estimate of drug-likeness (QED) is 0.525. The van der Waals surface area contributed by atoms with Crippen molar-refractivity contribution in [1.29, 1.82) is 0 Å². The van der Waals surface area contributed by atoms with Crippen molar-refractivity contribution >= 4 is 34.8 Å². The second-order valence-electron chi connectivity index (χ2n) is 4.40. The normalized spacial score (nSPS) is 11.3. The predicted molar refractivity (Wildman–Crippen MR) is 83.5 cm³/mol. The minimum Gasteiger partial charge on any atom is -0.266 e. The van der Waals surface area contributed by atoms with E-state index in [0.717, 1.165) is 5.56 Å². The first-order valence-electron chi connectivity index (χ1n) is 6.29. The molecule has 4 nitrogen and oxygen atoms in total. The van der Waals surface area contributed by atoms with Gasteiger partial charge in [-0.05, 0) is 19.1 Å². The molecule has 0 fully saturated rings. The molecule has 21 heavy (non-hydrogen) atoms. The Hall–Kier alpha value is -1.91. The fourth-order valence-corrected chi connectivity index (χ4v) is 2.28. The molecule has 0 saturated carbocycles. The summed E-state index contributed by atoms with van der Waals surface area (Å²) in [5, 5.41) is 5.11. The van der Waals surface area contributed by atoms with Crippen LogP contribution in [0.5, 0.6) is 0 Å². The molecule has 1 aromatic carbocycles. The molecule has 0 atom stereocenters. The molecule has 108 valence electrons. The third kappa shape index (κ3) is 4.55.